The van der Waals surface area contributed by atoms with Crippen molar-refractivity contribution in [2.24, 2.45) is 4.40 Å². The molecule has 0 aliphatic carbocycles. The second kappa shape index (κ2) is 7.25. The summed E-state index contributed by atoms with van der Waals surface area (Å²) in [6, 6.07) is 5.39. The van der Waals surface area contributed by atoms with E-state index in [0.29, 0.717) is 25.2 Å². The first kappa shape index (κ1) is 16.8. The van der Waals surface area contributed by atoms with Crippen LogP contribution in [-0.4, -0.2) is 47.5 Å². The third-order valence-electron chi connectivity index (χ3n) is 4.36. The molecule has 7 heteroatoms. The van der Waals surface area contributed by atoms with Gasteiger partial charge in [-0.25, -0.2) is 8.79 Å². The van der Waals surface area contributed by atoms with Gasteiger partial charge in [-0.1, -0.05) is 6.07 Å². The first-order chi connectivity index (χ1) is 11.5. The zero-order valence-electron chi connectivity index (χ0n) is 13.9. The van der Waals surface area contributed by atoms with E-state index in [-0.39, 0.29) is 11.7 Å². The van der Waals surface area contributed by atoms with E-state index in [0.717, 1.165) is 24.5 Å². The summed E-state index contributed by atoms with van der Waals surface area (Å²) < 4.78 is 20.6. The summed E-state index contributed by atoms with van der Waals surface area (Å²) in [5.74, 6) is -0.106. The number of hydrogen-bond donors (Lipinski definition) is 0. The molecule has 0 saturated carbocycles. The molecule has 1 amide bonds. The summed E-state index contributed by atoms with van der Waals surface area (Å²) in [4.78, 5) is 15.3. The summed E-state index contributed by atoms with van der Waals surface area (Å²) in [5, 5.41) is 0. The number of carbonyl (C=O) groups excluding carboxylic acids is 1. The largest absolute Gasteiger partial charge is 0.368 e. The molecule has 0 aromatic heterocycles. The van der Waals surface area contributed by atoms with Crippen LogP contribution in [0.1, 0.15) is 19.4 Å². The summed E-state index contributed by atoms with van der Waals surface area (Å²) in [7, 11) is 0. The number of halogens is 1. The van der Waals surface area contributed by atoms with Crippen LogP contribution in [0, 0.1) is 5.82 Å². The monoisotopic (exact) mass is 348 g/mol. The Morgan fingerprint density at radius 3 is 2.67 bits per heavy atom. The van der Waals surface area contributed by atoms with Crippen molar-refractivity contribution in [2.45, 2.75) is 20.4 Å². The van der Waals surface area contributed by atoms with Crippen molar-refractivity contribution in [3.8, 4) is 0 Å². The van der Waals surface area contributed by atoms with Crippen LogP contribution in [0.15, 0.2) is 34.4 Å². The highest BCUT2D eigenvalue weighted by Crippen LogP contribution is 2.27. The van der Waals surface area contributed by atoms with E-state index in [4.69, 9.17) is 0 Å². The van der Waals surface area contributed by atoms with Crippen LogP contribution in [0.3, 0.4) is 0 Å². The molecule has 1 saturated heterocycles. The molecular weight excluding hydrogens is 327 g/mol. The summed E-state index contributed by atoms with van der Waals surface area (Å²) in [6.07, 6.45) is 3.66. The topological polar surface area (TPSA) is 39.2 Å². The molecule has 5 nitrogen and oxygen atoms in total. The number of benzene rings is 1. The molecule has 0 N–H and O–H groups in total. The number of nitrogens with zero attached hydrogens (tertiary/aromatic N) is 4. The molecule has 128 valence electrons. The van der Waals surface area contributed by atoms with E-state index in [9.17, 15) is 9.18 Å². The van der Waals surface area contributed by atoms with Gasteiger partial charge in [-0.3, -0.25) is 9.10 Å². The highest BCUT2D eigenvalue weighted by molar-refractivity contribution is 7.96. The normalized spacial score (nSPS) is 18.0. The highest BCUT2D eigenvalue weighted by Gasteiger charge is 2.20. The number of carbonyl (C=O) groups is 1. The average Bonchev–Trinajstić information content (AvgIpc) is 2.58. The van der Waals surface area contributed by atoms with Gasteiger partial charge in [-0.15, -0.1) is 0 Å². The number of anilines is 1. The maximum Gasteiger partial charge on any atom is 0.219 e. The van der Waals surface area contributed by atoms with Crippen molar-refractivity contribution >= 4 is 29.9 Å². The Balaban J connectivity index is 1.66. The van der Waals surface area contributed by atoms with Crippen LogP contribution in [-0.2, 0) is 11.3 Å². The summed E-state index contributed by atoms with van der Waals surface area (Å²) in [6.45, 7) is 6.89. The van der Waals surface area contributed by atoms with Gasteiger partial charge in [-0.2, -0.15) is 0 Å². The molecule has 0 spiro atoms. The van der Waals surface area contributed by atoms with E-state index in [2.05, 4.69) is 9.30 Å². The molecule has 0 atom stereocenters. The Kier molecular flexibility index (Phi) is 5.08. The van der Waals surface area contributed by atoms with Gasteiger partial charge in [0.25, 0.3) is 0 Å². The second-order valence-corrected chi connectivity index (χ2v) is 6.76. The molecule has 2 aliphatic heterocycles. The zero-order valence-corrected chi connectivity index (χ0v) is 14.7. The molecule has 0 bridgehead atoms. The fourth-order valence-corrected chi connectivity index (χ4v) is 3.43. The quantitative estimate of drug-likeness (QED) is 0.788. The minimum Gasteiger partial charge on any atom is -0.368 e. The molecule has 2 aliphatic rings. The van der Waals surface area contributed by atoms with Crippen molar-refractivity contribution in [1.82, 2.24) is 9.21 Å². The van der Waals surface area contributed by atoms with E-state index in [1.165, 1.54) is 12.1 Å². The van der Waals surface area contributed by atoms with E-state index < -0.39 is 0 Å². The van der Waals surface area contributed by atoms with Gasteiger partial charge in [0.2, 0.25) is 5.91 Å². The van der Waals surface area contributed by atoms with Gasteiger partial charge in [-0.05, 0) is 25.1 Å². The lowest BCUT2D eigenvalue weighted by Gasteiger charge is -2.35. The standard InChI is InChI=1S/C17H21FN4OS/c1-13-5-6-19-24-22(13)12-15-3-4-16(11-17(15)18)21-9-7-20(8-10-21)14(2)23/h3-6,11H,7-10,12H2,1-2H3. The minimum atomic E-state index is -0.204. The van der Waals surface area contributed by atoms with Crippen LogP contribution in [0.5, 0.6) is 0 Å². The summed E-state index contributed by atoms with van der Waals surface area (Å²) >= 11 is 1.33. The molecule has 1 aromatic carbocycles. The first-order valence-electron chi connectivity index (χ1n) is 7.98. The SMILES string of the molecule is CC(=O)N1CCN(c2ccc(CN3SN=CC=C3C)c(F)c2)CC1. The Morgan fingerprint density at radius 1 is 1.29 bits per heavy atom. The van der Waals surface area contributed by atoms with Crippen molar-refractivity contribution < 1.29 is 9.18 Å². The fourth-order valence-electron chi connectivity index (χ4n) is 2.82. The molecule has 24 heavy (non-hydrogen) atoms. The maximum atomic E-state index is 14.5. The predicted octanol–water partition coefficient (Wildman–Crippen LogP) is 2.85. The Labute approximate surface area is 146 Å². The number of rotatable bonds is 3. The third kappa shape index (κ3) is 3.72. The Hall–Kier alpha value is -2.02. The van der Waals surface area contributed by atoms with Gasteiger partial charge in [0.1, 0.15) is 5.82 Å². The maximum absolute atomic E-state index is 14.5. The van der Waals surface area contributed by atoms with Crippen LogP contribution >= 0.6 is 12.1 Å². The smallest absolute Gasteiger partial charge is 0.219 e. The number of piperazine rings is 1. The van der Waals surface area contributed by atoms with Crippen molar-refractivity contribution in [2.75, 3.05) is 31.1 Å². The number of allylic oxidation sites excluding steroid dienone is 2. The first-order valence-corrected chi connectivity index (χ1v) is 8.71. The predicted molar refractivity (Wildman–Crippen MR) is 96.3 cm³/mol. The Morgan fingerprint density at radius 2 is 2.04 bits per heavy atom. The molecular formula is C17H21FN4OS. The number of amides is 1. The lowest BCUT2D eigenvalue weighted by atomic mass is 10.1. The highest BCUT2D eigenvalue weighted by atomic mass is 32.2. The zero-order chi connectivity index (χ0) is 17.1. The van der Waals surface area contributed by atoms with Crippen LogP contribution < -0.4 is 4.90 Å². The van der Waals surface area contributed by atoms with E-state index >= 15 is 0 Å². The van der Waals surface area contributed by atoms with Crippen LogP contribution in [0.25, 0.3) is 0 Å². The minimum absolute atomic E-state index is 0.0984. The van der Waals surface area contributed by atoms with Gasteiger partial charge in [0.05, 0.1) is 18.7 Å². The lowest BCUT2D eigenvalue weighted by molar-refractivity contribution is -0.129. The van der Waals surface area contributed by atoms with E-state index in [1.807, 2.05) is 34.3 Å². The van der Waals surface area contributed by atoms with Crippen molar-refractivity contribution in [3.05, 3.63) is 41.4 Å². The molecule has 0 unspecified atom stereocenters. The molecule has 1 fully saturated rings. The van der Waals surface area contributed by atoms with Crippen molar-refractivity contribution in [1.29, 1.82) is 0 Å². The van der Waals surface area contributed by atoms with Gasteiger partial charge < -0.3 is 9.80 Å². The van der Waals surface area contributed by atoms with Gasteiger partial charge in [0, 0.05) is 56.3 Å². The van der Waals surface area contributed by atoms with E-state index in [1.54, 1.807) is 19.2 Å². The molecule has 1 aromatic rings. The van der Waals surface area contributed by atoms with Gasteiger partial charge in [0.15, 0.2) is 0 Å². The lowest BCUT2D eigenvalue weighted by Crippen LogP contribution is -2.48. The fraction of sp³-hybridized carbons (Fsp3) is 0.412. The Bertz CT molecular complexity index is 683. The average molecular weight is 348 g/mol. The van der Waals surface area contributed by atoms with Crippen molar-refractivity contribution in [3.63, 3.8) is 0 Å². The molecule has 0 radical (unpaired) electrons. The molecule has 2 heterocycles. The molecule has 3 rings (SSSR count). The summed E-state index contributed by atoms with van der Waals surface area (Å²) in [5.41, 5.74) is 2.58. The van der Waals surface area contributed by atoms with Gasteiger partial charge >= 0.3 is 0 Å². The second-order valence-electron chi connectivity index (χ2n) is 5.95. The van der Waals surface area contributed by atoms with Crippen LogP contribution in [0.2, 0.25) is 0 Å². The number of hydrogen-bond acceptors (Lipinski definition) is 5. The third-order valence-corrected chi connectivity index (χ3v) is 5.19. The van der Waals surface area contributed by atoms with Crippen LogP contribution in [0.4, 0.5) is 10.1 Å².